The Morgan fingerprint density at radius 2 is 0.888 bits per heavy atom. The molecule has 3 aliphatic rings. The largest absolute Gasteiger partial charge is 0.496 e. The molecule has 0 saturated heterocycles. The Morgan fingerprint density at radius 1 is 0.539 bits per heavy atom. The molecular weight excluding hydrogens is 1170 g/mol. The van der Waals surface area contributed by atoms with Gasteiger partial charge in [-0.05, 0) is 199 Å². The van der Waals surface area contributed by atoms with Gasteiger partial charge in [-0.3, -0.25) is 4.79 Å². The van der Waals surface area contributed by atoms with Crippen molar-refractivity contribution in [3.8, 4) is 82.3 Å². The minimum atomic E-state index is -0.876. The average molecular weight is 1260 g/mol. The van der Waals surface area contributed by atoms with Crippen LogP contribution in [0, 0.1) is 17.8 Å². The molecule has 89 heavy (non-hydrogen) atoms. The number of aliphatic hydroxyl groups is 1. The number of aryl methyl sites for hydroxylation is 3. The Labute approximate surface area is 536 Å². The monoisotopic (exact) mass is 1260 g/mol. The van der Waals surface area contributed by atoms with E-state index < -0.39 is 11.5 Å². The predicted molar refractivity (Wildman–Crippen MR) is 362 cm³/mol. The molecule has 3 aromatic carbocycles. The van der Waals surface area contributed by atoms with Crippen LogP contribution in [0.5, 0.6) is 17.2 Å². The molecule has 9 heterocycles. The fourth-order valence-electron chi connectivity index (χ4n) is 12.7. The van der Waals surface area contributed by atoms with E-state index in [4.69, 9.17) is 18.9 Å². The number of carboxylic acids is 1. The lowest BCUT2D eigenvalue weighted by Crippen LogP contribution is -2.48. The van der Waals surface area contributed by atoms with Gasteiger partial charge in [0.25, 0.3) is 5.91 Å². The number of carboxylic acid groups (broad SMARTS) is 1. The lowest BCUT2D eigenvalue weighted by Gasteiger charge is -2.34. The lowest BCUT2D eigenvalue weighted by atomic mass is 9.91. The second-order valence-corrected chi connectivity index (χ2v) is 28.0. The van der Waals surface area contributed by atoms with Gasteiger partial charge in [-0.25, -0.2) is 9.59 Å². The van der Waals surface area contributed by atoms with Crippen LogP contribution in [0.2, 0.25) is 0 Å². The Kier molecular flexibility index (Phi) is 19.7. The molecule has 0 aliphatic carbocycles. The number of nitrogens with zero attached hydrogens (tertiary/aromatic N) is 4. The third-order valence-corrected chi connectivity index (χ3v) is 19.9. The fourth-order valence-corrected chi connectivity index (χ4v) is 14.9. The Hall–Kier alpha value is -7.63. The summed E-state index contributed by atoms with van der Waals surface area (Å²) in [7, 11) is 6.97. The summed E-state index contributed by atoms with van der Waals surface area (Å²) in [5.41, 5.74) is 18.3. The number of amides is 1. The van der Waals surface area contributed by atoms with Gasteiger partial charge >= 0.3 is 11.9 Å². The van der Waals surface area contributed by atoms with Crippen molar-refractivity contribution in [2.45, 2.75) is 126 Å². The van der Waals surface area contributed by atoms with Crippen molar-refractivity contribution < 1.29 is 43.5 Å². The summed E-state index contributed by atoms with van der Waals surface area (Å²) in [5, 5.41) is 25.7. The number of carbonyl (C=O) groups is 3. The van der Waals surface area contributed by atoms with E-state index in [-0.39, 0.29) is 18.5 Å². The van der Waals surface area contributed by atoms with Crippen molar-refractivity contribution in [3.05, 3.63) is 158 Å². The van der Waals surface area contributed by atoms with Gasteiger partial charge in [-0.15, -0.1) is 34.0 Å². The first-order chi connectivity index (χ1) is 42.7. The number of esters is 1. The molecule has 0 saturated carbocycles. The maximum Gasteiger partial charge on any atom is 0.354 e. The zero-order valence-corrected chi connectivity index (χ0v) is 56.1. The number of aliphatic hydroxyl groups excluding tert-OH is 1. The highest BCUT2D eigenvalue weighted by atomic mass is 32.1. The zero-order valence-electron chi connectivity index (χ0n) is 53.7. The van der Waals surface area contributed by atoms with Crippen molar-refractivity contribution in [3.63, 3.8) is 0 Å². The number of fused-ring (bicyclic) bond motifs is 9. The second-order valence-electron chi connectivity index (χ2n) is 25.1. The Bertz CT molecular complexity index is 4010. The molecule has 1 amide bonds. The molecule has 0 fully saturated rings. The smallest absolute Gasteiger partial charge is 0.354 e. The minimum Gasteiger partial charge on any atom is -0.496 e. The number of thiophene rings is 3. The number of aromatic carboxylic acids is 1. The SMILES string of the molecule is CCOC(=O)c1cc(-c2cccs2)c2n1CCc1cc(OC)c(CC(C)C)cc1-2.COc1cc2c(cc1CC(C)C)-c1c(-c3cccs3)cc(C(=O)N(C)C(C)(C)CO)n1CC2.COc1cc2c(cc1CC(C)C)-c1c(-c3cccs3)cc(C(=O)O)n1CC2. The van der Waals surface area contributed by atoms with Gasteiger partial charge in [-0.1, -0.05) is 59.7 Å². The highest BCUT2D eigenvalue weighted by molar-refractivity contribution is 7.14. The van der Waals surface area contributed by atoms with E-state index >= 15 is 0 Å². The molecule has 9 aromatic rings. The number of benzene rings is 3. The molecule has 0 radical (unpaired) electrons. The summed E-state index contributed by atoms with van der Waals surface area (Å²) < 4.78 is 28.7. The Morgan fingerprint density at radius 3 is 1.20 bits per heavy atom. The number of hydrogen-bond donors (Lipinski definition) is 2. The number of hydrogen-bond acceptors (Lipinski definition) is 11. The number of ether oxygens (including phenoxy) is 4. The number of rotatable bonds is 18. The molecule has 0 unspecified atom stereocenters. The fraction of sp³-hybridized carbons (Fsp3) is 0.384. The summed E-state index contributed by atoms with van der Waals surface area (Å²) in [6.45, 7) is 21.3. The number of methoxy groups -OCH3 is 3. The van der Waals surface area contributed by atoms with E-state index in [1.54, 1.807) is 67.3 Å². The summed E-state index contributed by atoms with van der Waals surface area (Å²) in [4.78, 5) is 43.2. The highest BCUT2D eigenvalue weighted by Gasteiger charge is 2.35. The van der Waals surface area contributed by atoms with E-state index in [0.29, 0.717) is 48.0 Å². The first kappa shape index (κ1) is 64.4. The minimum absolute atomic E-state index is 0.0718. The van der Waals surface area contributed by atoms with E-state index in [1.165, 1.54) is 49.4 Å². The van der Waals surface area contributed by atoms with Gasteiger partial charge in [-0.2, -0.15) is 0 Å². The average Bonchev–Trinajstić information content (AvgIpc) is 1.79. The third-order valence-electron chi connectivity index (χ3n) is 17.2. The van der Waals surface area contributed by atoms with Gasteiger partial charge < -0.3 is 47.8 Å². The van der Waals surface area contributed by atoms with Gasteiger partial charge in [0.2, 0.25) is 0 Å². The molecule has 2 N–H and O–H groups in total. The van der Waals surface area contributed by atoms with Crippen molar-refractivity contribution in [1.82, 2.24) is 18.6 Å². The van der Waals surface area contributed by atoms with Crippen LogP contribution in [0.1, 0.15) is 127 Å². The molecule has 0 atom stereocenters. The molecule has 0 spiro atoms. The van der Waals surface area contributed by atoms with Gasteiger partial charge in [0, 0.05) is 74.7 Å². The van der Waals surface area contributed by atoms with Crippen LogP contribution in [0.15, 0.2) is 107 Å². The molecule has 13 nitrogen and oxygen atoms in total. The van der Waals surface area contributed by atoms with Crippen LogP contribution in [0.4, 0.5) is 0 Å². The van der Waals surface area contributed by atoms with E-state index in [1.807, 2.05) is 55.0 Å². The van der Waals surface area contributed by atoms with Crippen LogP contribution in [-0.2, 0) is 62.9 Å². The van der Waals surface area contributed by atoms with Gasteiger partial charge in [0.1, 0.15) is 34.3 Å². The molecule has 3 aliphatic heterocycles. The van der Waals surface area contributed by atoms with Crippen molar-refractivity contribution in [2.24, 2.45) is 17.8 Å². The first-order valence-corrected chi connectivity index (χ1v) is 33.6. The maximum atomic E-state index is 13.6. The molecule has 16 heteroatoms. The summed E-state index contributed by atoms with van der Waals surface area (Å²) >= 11 is 5.02. The van der Waals surface area contributed by atoms with Crippen LogP contribution < -0.4 is 14.2 Å². The van der Waals surface area contributed by atoms with E-state index in [9.17, 15) is 24.6 Å². The van der Waals surface area contributed by atoms with Gasteiger partial charge in [0.05, 0.1) is 57.2 Å². The third kappa shape index (κ3) is 13.1. The summed E-state index contributed by atoms with van der Waals surface area (Å²) in [6.07, 6.45) is 5.33. The molecule has 0 bridgehead atoms. The molecule has 6 aromatic heterocycles. The van der Waals surface area contributed by atoms with E-state index in [2.05, 4.69) is 128 Å². The van der Waals surface area contributed by atoms with Crippen molar-refractivity contribution in [1.29, 1.82) is 0 Å². The van der Waals surface area contributed by atoms with E-state index in [0.717, 1.165) is 118 Å². The summed E-state index contributed by atoms with van der Waals surface area (Å²) in [6, 6.07) is 31.5. The Balaban J connectivity index is 0.000000148. The van der Waals surface area contributed by atoms with Crippen molar-refractivity contribution in [2.75, 3.05) is 41.6 Å². The second kappa shape index (κ2) is 27.2. The molecule has 468 valence electrons. The first-order valence-electron chi connectivity index (χ1n) is 30.9. The lowest BCUT2D eigenvalue weighted by molar-refractivity contribution is 0.0462. The standard InChI is InChI=1S/C27H34N2O3S.C24H27NO3S.C22H23NO3S/c1-17(2)12-19-13-20-18(14-23(19)32-6)9-10-29-22(26(31)28(5)27(3,4)16-30)15-21(25(20)29)24-8-7-11-33-24;1-5-28-24(26)20-14-19(22-7-6-10-29-22)23-18-12-17(11-15(2)3)21(27-4)13-16(18)8-9-25(20)23;1-13(2)9-15-10-16-14(11-19(15)26-3)6-7-23-18(22(24)25)12-17(21(16)23)20-5-4-8-27-20/h7-8,11,13-15,17,30H,9-10,12,16H2,1-6H3;6-7,10,12-15H,5,8-9,11H2,1-4H3;4-5,8,10-13H,6-7,9H2,1-3H3,(H,24,25). The molecule has 12 rings (SSSR count). The van der Waals surface area contributed by atoms with Crippen LogP contribution in [-0.4, -0.2) is 93.8 Å². The quantitative estimate of drug-likeness (QED) is 0.0802. The maximum absolute atomic E-state index is 13.6. The van der Waals surface area contributed by atoms with Crippen LogP contribution in [0.25, 0.3) is 65.1 Å². The number of aromatic nitrogens is 3. The van der Waals surface area contributed by atoms with Gasteiger partial charge in [0.15, 0.2) is 0 Å². The number of likely N-dealkylation sites (N-methyl/N-ethyl adjacent to an activating group) is 1. The van der Waals surface area contributed by atoms with Crippen LogP contribution >= 0.6 is 34.0 Å². The predicted octanol–water partition coefficient (Wildman–Crippen LogP) is 16.7. The van der Waals surface area contributed by atoms with Crippen LogP contribution in [0.3, 0.4) is 0 Å². The number of carbonyl (C=O) groups excluding carboxylic acids is 2. The zero-order chi connectivity index (χ0) is 63.6. The molecular formula is C73H84N4O9S3. The normalized spacial score (nSPS) is 12.8. The topological polar surface area (TPSA) is 147 Å². The van der Waals surface area contributed by atoms with Crippen molar-refractivity contribution >= 4 is 51.9 Å². The summed E-state index contributed by atoms with van der Waals surface area (Å²) in [5.74, 6) is 3.19. The highest BCUT2D eigenvalue weighted by Crippen LogP contribution is 2.48.